The number of nitrogens with one attached hydrogen (secondary N) is 1. The summed E-state index contributed by atoms with van der Waals surface area (Å²) in [5, 5.41) is 2.87. The van der Waals surface area contributed by atoms with Gasteiger partial charge in [0.05, 0.1) is 0 Å². The fourth-order valence-corrected chi connectivity index (χ4v) is 3.16. The maximum Gasteiger partial charge on any atom is 0.261 e. The highest BCUT2D eigenvalue weighted by Gasteiger charge is 2.26. The summed E-state index contributed by atoms with van der Waals surface area (Å²) < 4.78 is 7.69. The molecule has 28 heavy (non-hydrogen) atoms. The standard InChI is InChI=1S/C21H24BrIN2O3/c1-14(2)24-21(27)15(3)25(12-16-4-6-17(22)7-5-16)20(26)13-28-19-10-8-18(23)9-11-19/h4-11,14-15H,12-13H2,1-3H3,(H,24,27). The summed E-state index contributed by atoms with van der Waals surface area (Å²) in [5.74, 6) is 0.194. The Kier molecular flexibility index (Phi) is 8.75. The molecule has 1 atom stereocenters. The van der Waals surface area contributed by atoms with Gasteiger partial charge in [-0.1, -0.05) is 28.1 Å². The van der Waals surface area contributed by atoms with Crippen LogP contribution in [0.1, 0.15) is 26.3 Å². The largest absolute Gasteiger partial charge is 0.484 e. The summed E-state index contributed by atoms with van der Waals surface area (Å²) in [6.07, 6.45) is 0. The normalized spacial score (nSPS) is 11.8. The average molecular weight is 559 g/mol. The third-order valence-electron chi connectivity index (χ3n) is 4.04. The van der Waals surface area contributed by atoms with E-state index in [1.165, 1.54) is 0 Å². The molecule has 0 aliphatic rings. The van der Waals surface area contributed by atoms with E-state index >= 15 is 0 Å². The fourth-order valence-electron chi connectivity index (χ4n) is 2.53. The van der Waals surface area contributed by atoms with Crippen LogP contribution in [0.15, 0.2) is 53.0 Å². The van der Waals surface area contributed by atoms with E-state index in [9.17, 15) is 9.59 Å². The Hall–Kier alpha value is -1.61. The molecule has 0 aliphatic heterocycles. The summed E-state index contributed by atoms with van der Waals surface area (Å²) >= 11 is 5.62. The van der Waals surface area contributed by atoms with E-state index in [1.54, 1.807) is 11.8 Å². The second kappa shape index (κ2) is 10.8. The molecule has 0 spiro atoms. The molecule has 2 amide bonds. The molecule has 5 nitrogen and oxygen atoms in total. The lowest BCUT2D eigenvalue weighted by atomic mass is 10.1. The maximum atomic E-state index is 12.9. The smallest absolute Gasteiger partial charge is 0.261 e. The molecule has 1 N–H and O–H groups in total. The maximum absolute atomic E-state index is 12.9. The van der Waals surface area contributed by atoms with Gasteiger partial charge in [-0.3, -0.25) is 9.59 Å². The van der Waals surface area contributed by atoms with Crippen molar-refractivity contribution in [1.82, 2.24) is 10.2 Å². The van der Waals surface area contributed by atoms with Crippen LogP contribution in [0.4, 0.5) is 0 Å². The molecule has 0 fully saturated rings. The number of hydrogen-bond donors (Lipinski definition) is 1. The molecule has 1 unspecified atom stereocenters. The average Bonchev–Trinajstić information content (AvgIpc) is 2.65. The summed E-state index contributed by atoms with van der Waals surface area (Å²) in [4.78, 5) is 26.9. The molecule has 2 aromatic rings. The van der Waals surface area contributed by atoms with Gasteiger partial charge in [-0.2, -0.15) is 0 Å². The van der Waals surface area contributed by atoms with Crippen molar-refractivity contribution in [2.45, 2.75) is 39.4 Å². The third kappa shape index (κ3) is 7.09. The zero-order valence-corrected chi connectivity index (χ0v) is 19.9. The van der Waals surface area contributed by atoms with Gasteiger partial charge in [0, 0.05) is 20.6 Å². The number of benzene rings is 2. The quantitative estimate of drug-likeness (QED) is 0.489. The molecule has 2 rings (SSSR count). The van der Waals surface area contributed by atoms with E-state index in [-0.39, 0.29) is 24.5 Å². The van der Waals surface area contributed by atoms with E-state index in [4.69, 9.17) is 4.74 Å². The molecule has 0 radical (unpaired) electrons. The molecular formula is C21H24BrIN2O3. The van der Waals surface area contributed by atoms with Gasteiger partial charge in [-0.15, -0.1) is 0 Å². The van der Waals surface area contributed by atoms with Crippen LogP contribution >= 0.6 is 38.5 Å². The Balaban J connectivity index is 2.12. The van der Waals surface area contributed by atoms with Crippen molar-refractivity contribution in [1.29, 1.82) is 0 Å². The van der Waals surface area contributed by atoms with Gasteiger partial charge in [-0.25, -0.2) is 0 Å². The van der Waals surface area contributed by atoms with Crippen molar-refractivity contribution < 1.29 is 14.3 Å². The van der Waals surface area contributed by atoms with Crippen LogP contribution in [0.2, 0.25) is 0 Å². The van der Waals surface area contributed by atoms with E-state index in [2.05, 4.69) is 43.8 Å². The predicted octanol–water partition coefficient (Wildman–Crippen LogP) is 4.37. The first-order chi connectivity index (χ1) is 13.3. The lowest BCUT2D eigenvalue weighted by molar-refractivity contribution is -0.142. The topological polar surface area (TPSA) is 58.6 Å². The first kappa shape index (κ1) is 22.7. The number of amides is 2. The van der Waals surface area contributed by atoms with Crippen LogP contribution in [-0.4, -0.2) is 35.4 Å². The molecule has 2 aromatic carbocycles. The van der Waals surface area contributed by atoms with Crippen molar-refractivity contribution in [3.05, 3.63) is 62.1 Å². The van der Waals surface area contributed by atoms with Crippen LogP contribution in [-0.2, 0) is 16.1 Å². The highest BCUT2D eigenvalue weighted by atomic mass is 127. The molecule has 0 aliphatic carbocycles. The third-order valence-corrected chi connectivity index (χ3v) is 5.29. The van der Waals surface area contributed by atoms with Crippen molar-refractivity contribution in [3.8, 4) is 5.75 Å². The number of hydrogen-bond acceptors (Lipinski definition) is 3. The molecule has 0 bridgehead atoms. The first-order valence-electron chi connectivity index (χ1n) is 8.99. The molecule has 7 heteroatoms. The minimum absolute atomic E-state index is 0.00243. The number of ether oxygens (including phenoxy) is 1. The highest BCUT2D eigenvalue weighted by Crippen LogP contribution is 2.16. The Morgan fingerprint density at radius 1 is 1.07 bits per heavy atom. The van der Waals surface area contributed by atoms with Gasteiger partial charge in [0.15, 0.2) is 6.61 Å². The number of rotatable bonds is 8. The number of carbonyl (C=O) groups is 2. The van der Waals surface area contributed by atoms with E-state index in [1.807, 2.05) is 62.4 Å². The molecule has 0 aromatic heterocycles. The van der Waals surface area contributed by atoms with Crippen LogP contribution in [0.25, 0.3) is 0 Å². The van der Waals surface area contributed by atoms with E-state index in [0.717, 1.165) is 13.6 Å². The second-order valence-corrected chi connectivity index (χ2v) is 8.89. The summed E-state index contributed by atoms with van der Waals surface area (Å²) in [7, 11) is 0. The number of nitrogens with zero attached hydrogens (tertiary/aromatic N) is 1. The first-order valence-corrected chi connectivity index (χ1v) is 10.9. The van der Waals surface area contributed by atoms with Crippen LogP contribution in [0.5, 0.6) is 5.75 Å². The predicted molar refractivity (Wildman–Crippen MR) is 122 cm³/mol. The van der Waals surface area contributed by atoms with Crippen LogP contribution < -0.4 is 10.1 Å². The molecule has 0 saturated heterocycles. The van der Waals surface area contributed by atoms with Gasteiger partial charge >= 0.3 is 0 Å². The summed E-state index contributed by atoms with van der Waals surface area (Å²) in [6, 6.07) is 14.6. The molecule has 0 saturated carbocycles. The van der Waals surface area contributed by atoms with Gasteiger partial charge in [0.25, 0.3) is 5.91 Å². The Labute approximate surface area is 188 Å². The molecule has 150 valence electrons. The van der Waals surface area contributed by atoms with Gasteiger partial charge in [-0.05, 0) is 85.3 Å². The van der Waals surface area contributed by atoms with E-state index in [0.29, 0.717) is 12.3 Å². The van der Waals surface area contributed by atoms with Gasteiger partial charge in [0.2, 0.25) is 5.91 Å². The molecule has 0 heterocycles. The Morgan fingerprint density at radius 2 is 1.68 bits per heavy atom. The Morgan fingerprint density at radius 3 is 2.25 bits per heavy atom. The molecular weight excluding hydrogens is 535 g/mol. The van der Waals surface area contributed by atoms with Gasteiger partial charge < -0.3 is 15.0 Å². The lowest BCUT2D eigenvalue weighted by Crippen LogP contribution is -2.50. The van der Waals surface area contributed by atoms with Gasteiger partial charge in [0.1, 0.15) is 11.8 Å². The van der Waals surface area contributed by atoms with Crippen molar-refractivity contribution in [2.75, 3.05) is 6.61 Å². The summed E-state index contributed by atoms with van der Waals surface area (Å²) in [6.45, 7) is 5.72. The minimum Gasteiger partial charge on any atom is -0.484 e. The van der Waals surface area contributed by atoms with E-state index < -0.39 is 6.04 Å². The Bertz CT molecular complexity index is 794. The van der Waals surface area contributed by atoms with Crippen molar-refractivity contribution in [2.24, 2.45) is 0 Å². The number of carbonyl (C=O) groups excluding carboxylic acids is 2. The minimum atomic E-state index is -0.612. The SMILES string of the molecule is CC(C)NC(=O)C(C)N(Cc1ccc(Br)cc1)C(=O)COc1ccc(I)cc1. The number of halogens is 2. The van der Waals surface area contributed by atoms with Crippen LogP contribution in [0, 0.1) is 3.57 Å². The summed E-state index contributed by atoms with van der Waals surface area (Å²) in [5.41, 5.74) is 0.940. The lowest BCUT2D eigenvalue weighted by Gasteiger charge is -2.29. The zero-order valence-electron chi connectivity index (χ0n) is 16.1. The van der Waals surface area contributed by atoms with Crippen molar-refractivity contribution >= 4 is 50.3 Å². The zero-order chi connectivity index (χ0) is 20.7. The highest BCUT2D eigenvalue weighted by molar-refractivity contribution is 14.1. The van der Waals surface area contributed by atoms with Crippen molar-refractivity contribution in [3.63, 3.8) is 0 Å². The fraction of sp³-hybridized carbons (Fsp3) is 0.333. The van der Waals surface area contributed by atoms with Crippen LogP contribution in [0.3, 0.4) is 0 Å². The monoisotopic (exact) mass is 558 g/mol. The second-order valence-electron chi connectivity index (χ2n) is 6.73.